The summed E-state index contributed by atoms with van der Waals surface area (Å²) < 4.78 is 5.65. The molecule has 4 heteroatoms. The van der Waals surface area contributed by atoms with Gasteiger partial charge in [-0.15, -0.1) is 0 Å². The van der Waals surface area contributed by atoms with Gasteiger partial charge in [-0.05, 0) is 36.8 Å². The Bertz CT molecular complexity index is 602. The Labute approximate surface area is 119 Å². The zero-order valence-electron chi connectivity index (χ0n) is 12.1. The van der Waals surface area contributed by atoms with E-state index in [1.54, 1.807) is 7.05 Å². The summed E-state index contributed by atoms with van der Waals surface area (Å²) in [6.45, 7) is 4.61. The van der Waals surface area contributed by atoms with Crippen molar-refractivity contribution in [1.29, 1.82) is 0 Å². The van der Waals surface area contributed by atoms with E-state index in [9.17, 15) is 4.79 Å². The highest BCUT2D eigenvalue weighted by atomic mass is 16.3. The fourth-order valence-corrected chi connectivity index (χ4v) is 2.10. The van der Waals surface area contributed by atoms with Gasteiger partial charge in [0, 0.05) is 24.7 Å². The van der Waals surface area contributed by atoms with Crippen LogP contribution >= 0.6 is 0 Å². The van der Waals surface area contributed by atoms with Crippen LogP contribution < -0.4 is 10.6 Å². The highest BCUT2D eigenvalue weighted by Crippen LogP contribution is 2.20. The molecule has 0 radical (unpaired) electrons. The number of carbonyl (C=O) groups excluding carboxylic acids is 1. The topological polar surface area (TPSA) is 54.3 Å². The summed E-state index contributed by atoms with van der Waals surface area (Å²) in [4.78, 5) is 11.7. The lowest BCUT2D eigenvalue weighted by Crippen LogP contribution is -2.19. The Morgan fingerprint density at radius 1 is 1.20 bits per heavy atom. The minimum absolute atomic E-state index is 0.0718. The van der Waals surface area contributed by atoms with E-state index in [1.165, 1.54) is 0 Å². The number of anilines is 1. The smallest absolute Gasteiger partial charge is 0.251 e. The Morgan fingerprint density at radius 2 is 1.95 bits per heavy atom. The number of hydrogen-bond acceptors (Lipinski definition) is 3. The molecule has 1 aromatic heterocycles. The fourth-order valence-electron chi connectivity index (χ4n) is 2.10. The van der Waals surface area contributed by atoms with Crippen LogP contribution in [0.4, 0.5) is 5.69 Å². The molecule has 0 aliphatic carbocycles. The summed E-state index contributed by atoms with van der Waals surface area (Å²) in [5, 5.41) is 5.96. The van der Waals surface area contributed by atoms with Crippen molar-refractivity contribution in [1.82, 2.24) is 5.32 Å². The van der Waals surface area contributed by atoms with Gasteiger partial charge in [-0.2, -0.15) is 0 Å². The standard InChI is InChI=1S/C16H20N2O2/c1-4-12-8-9-13(20-12)10-18-15-7-5-6-14(11(15)2)16(19)17-3/h5-9,18H,4,10H2,1-3H3,(H,17,19). The van der Waals surface area contributed by atoms with Gasteiger partial charge in [0.05, 0.1) is 6.54 Å². The van der Waals surface area contributed by atoms with Crippen LogP contribution in [0.3, 0.4) is 0 Å². The van der Waals surface area contributed by atoms with E-state index >= 15 is 0 Å². The largest absolute Gasteiger partial charge is 0.464 e. The minimum atomic E-state index is -0.0718. The third kappa shape index (κ3) is 3.02. The number of aryl methyl sites for hydroxylation is 1. The maximum Gasteiger partial charge on any atom is 0.251 e. The van der Waals surface area contributed by atoms with E-state index in [1.807, 2.05) is 37.3 Å². The highest BCUT2D eigenvalue weighted by Gasteiger charge is 2.10. The van der Waals surface area contributed by atoms with E-state index in [0.717, 1.165) is 29.2 Å². The normalized spacial score (nSPS) is 10.3. The van der Waals surface area contributed by atoms with Gasteiger partial charge in [0.2, 0.25) is 0 Å². The second-order valence-corrected chi connectivity index (χ2v) is 4.63. The second kappa shape index (κ2) is 6.28. The van der Waals surface area contributed by atoms with Gasteiger partial charge < -0.3 is 15.1 Å². The SMILES string of the molecule is CCc1ccc(CNc2cccc(C(=O)NC)c2C)o1. The highest BCUT2D eigenvalue weighted by molar-refractivity contribution is 5.96. The molecule has 2 rings (SSSR count). The first kappa shape index (κ1) is 14.2. The molecule has 1 aromatic carbocycles. The van der Waals surface area contributed by atoms with Gasteiger partial charge in [0.1, 0.15) is 11.5 Å². The third-order valence-corrected chi connectivity index (χ3v) is 3.32. The minimum Gasteiger partial charge on any atom is -0.464 e. The number of amides is 1. The maximum absolute atomic E-state index is 11.7. The molecule has 1 amide bonds. The lowest BCUT2D eigenvalue weighted by atomic mass is 10.1. The molecule has 0 atom stereocenters. The molecule has 0 unspecified atom stereocenters. The van der Waals surface area contributed by atoms with Crippen molar-refractivity contribution in [2.24, 2.45) is 0 Å². The van der Waals surface area contributed by atoms with Crippen LogP contribution in [0.2, 0.25) is 0 Å². The first-order valence-corrected chi connectivity index (χ1v) is 6.78. The molecule has 0 fully saturated rings. The zero-order chi connectivity index (χ0) is 14.5. The summed E-state index contributed by atoms with van der Waals surface area (Å²) in [6.07, 6.45) is 0.894. The van der Waals surface area contributed by atoms with E-state index in [0.29, 0.717) is 12.1 Å². The molecule has 20 heavy (non-hydrogen) atoms. The van der Waals surface area contributed by atoms with E-state index in [4.69, 9.17) is 4.42 Å². The van der Waals surface area contributed by atoms with Crippen molar-refractivity contribution in [2.75, 3.05) is 12.4 Å². The van der Waals surface area contributed by atoms with Crippen molar-refractivity contribution in [2.45, 2.75) is 26.8 Å². The third-order valence-electron chi connectivity index (χ3n) is 3.32. The van der Waals surface area contributed by atoms with Gasteiger partial charge in [-0.25, -0.2) is 0 Å². The van der Waals surface area contributed by atoms with Crippen LogP contribution in [0.5, 0.6) is 0 Å². The zero-order valence-corrected chi connectivity index (χ0v) is 12.1. The number of benzene rings is 1. The van der Waals surface area contributed by atoms with Gasteiger partial charge in [-0.3, -0.25) is 4.79 Å². The molecule has 2 N–H and O–H groups in total. The summed E-state index contributed by atoms with van der Waals surface area (Å²) >= 11 is 0. The lowest BCUT2D eigenvalue weighted by Gasteiger charge is -2.11. The molecule has 0 aliphatic rings. The Morgan fingerprint density at radius 3 is 2.60 bits per heavy atom. The average molecular weight is 272 g/mol. The molecule has 106 valence electrons. The van der Waals surface area contributed by atoms with Crippen LogP contribution in [0.15, 0.2) is 34.7 Å². The van der Waals surface area contributed by atoms with Crippen LogP contribution in [0, 0.1) is 6.92 Å². The summed E-state index contributed by atoms with van der Waals surface area (Å²) in [5.41, 5.74) is 2.57. The summed E-state index contributed by atoms with van der Waals surface area (Å²) in [6, 6.07) is 9.63. The van der Waals surface area contributed by atoms with Crippen molar-refractivity contribution < 1.29 is 9.21 Å². The first-order valence-electron chi connectivity index (χ1n) is 6.78. The van der Waals surface area contributed by atoms with Crippen molar-refractivity contribution in [3.05, 3.63) is 53.0 Å². The van der Waals surface area contributed by atoms with Crippen LogP contribution in [0.25, 0.3) is 0 Å². The molecule has 0 bridgehead atoms. The predicted octanol–water partition coefficient (Wildman–Crippen LogP) is 3.12. The summed E-state index contributed by atoms with van der Waals surface area (Å²) in [7, 11) is 1.64. The van der Waals surface area contributed by atoms with Gasteiger partial charge in [0.25, 0.3) is 5.91 Å². The second-order valence-electron chi connectivity index (χ2n) is 4.63. The Kier molecular flexibility index (Phi) is 4.45. The molecule has 1 heterocycles. The molecule has 0 saturated carbocycles. The van der Waals surface area contributed by atoms with Crippen molar-refractivity contribution >= 4 is 11.6 Å². The Balaban J connectivity index is 2.11. The van der Waals surface area contributed by atoms with Crippen LogP contribution in [0.1, 0.15) is 34.4 Å². The monoisotopic (exact) mass is 272 g/mol. The molecular formula is C16H20N2O2. The number of carbonyl (C=O) groups is 1. The van der Waals surface area contributed by atoms with E-state index < -0.39 is 0 Å². The fraction of sp³-hybridized carbons (Fsp3) is 0.312. The first-order chi connectivity index (χ1) is 9.65. The number of rotatable bonds is 5. The molecule has 4 nitrogen and oxygen atoms in total. The van der Waals surface area contributed by atoms with E-state index in [2.05, 4.69) is 17.6 Å². The number of nitrogens with one attached hydrogen (secondary N) is 2. The van der Waals surface area contributed by atoms with Crippen molar-refractivity contribution in [3.8, 4) is 0 Å². The van der Waals surface area contributed by atoms with E-state index in [-0.39, 0.29) is 5.91 Å². The predicted molar refractivity (Wildman–Crippen MR) is 80.0 cm³/mol. The van der Waals surface area contributed by atoms with Crippen LogP contribution in [-0.2, 0) is 13.0 Å². The molecular weight excluding hydrogens is 252 g/mol. The van der Waals surface area contributed by atoms with Gasteiger partial charge in [0.15, 0.2) is 0 Å². The Hall–Kier alpha value is -2.23. The molecule has 0 spiro atoms. The summed E-state index contributed by atoms with van der Waals surface area (Å²) in [5.74, 6) is 1.81. The maximum atomic E-state index is 11.7. The quantitative estimate of drug-likeness (QED) is 0.879. The number of hydrogen-bond donors (Lipinski definition) is 2. The average Bonchev–Trinajstić information content (AvgIpc) is 2.93. The molecule has 2 aromatic rings. The van der Waals surface area contributed by atoms with Crippen LogP contribution in [-0.4, -0.2) is 13.0 Å². The van der Waals surface area contributed by atoms with Gasteiger partial charge in [-0.1, -0.05) is 13.0 Å². The number of furan rings is 1. The lowest BCUT2D eigenvalue weighted by molar-refractivity contribution is 0.0962. The molecule has 0 saturated heterocycles. The van der Waals surface area contributed by atoms with Gasteiger partial charge >= 0.3 is 0 Å². The molecule has 0 aliphatic heterocycles. The van der Waals surface area contributed by atoms with Crippen molar-refractivity contribution in [3.63, 3.8) is 0 Å².